The maximum Gasteiger partial charge on any atom is 0.312 e. The standard InChI is InChI=1S/C9H7FN2O5/c10-6-3-5(1-2-7(6)12(16)17)11-8(13)4-9(14)15/h1-3H,4H2,(H,11,13)(H,14,15). The van der Waals surface area contributed by atoms with Crippen LogP contribution >= 0.6 is 0 Å². The molecule has 0 unspecified atom stereocenters. The molecule has 0 aliphatic rings. The summed E-state index contributed by atoms with van der Waals surface area (Å²) in [5, 5.41) is 20.7. The zero-order valence-corrected chi connectivity index (χ0v) is 8.34. The Kier molecular flexibility index (Phi) is 3.70. The highest BCUT2D eigenvalue weighted by molar-refractivity contribution is 6.01. The first-order chi connectivity index (χ1) is 7.90. The van der Waals surface area contributed by atoms with Crippen LogP contribution in [0.5, 0.6) is 0 Å². The lowest BCUT2D eigenvalue weighted by atomic mass is 10.2. The quantitative estimate of drug-likeness (QED) is 0.467. The molecule has 2 N–H and O–H groups in total. The fraction of sp³-hybridized carbons (Fsp3) is 0.111. The smallest absolute Gasteiger partial charge is 0.312 e. The Balaban J connectivity index is 2.81. The highest BCUT2D eigenvalue weighted by atomic mass is 19.1. The molecule has 1 aromatic carbocycles. The highest BCUT2D eigenvalue weighted by Gasteiger charge is 2.15. The lowest BCUT2D eigenvalue weighted by molar-refractivity contribution is -0.387. The Bertz CT molecular complexity index is 488. The predicted molar refractivity (Wildman–Crippen MR) is 53.9 cm³/mol. The maximum absolute atomic E-state index is 13.1. The minimum Gasteiger partial charge on any atom is -0.481 e. The molecule has 0 spiro atoms. The second-order valence-corrected chi connectivity index (χ2v) is 3.04. The first kappa shape index (κ1) is 12.6. The van der Waals surface area contributed by atoms with Crippen molar-refractivity contribution in [3.63, 3.8) is 0 Å². The van der Waals surface area contributed by atoms with Crippen molar-refractivity contribution in [2.24, 2.45) is 0 Å². The molecular weight excluding hydrogens is 235 g/mol. The largest absolute Gasteiger partial charge is 0.481 e. The summed E-state index contributed by atoms with van der Waals surface area (Å²) in [7, 11) is 0. The van der Waals surface area contributed by atoms with E-state index in [1.165, 1.54) is 0 Å². The molecule has 0 saturated heterocycles. The number of nitrogens with one attached hydrogen (secondary N) is 1. The Labute approximate surface area is 94.0 Å². The third-order valence-electron chi connectivity index (χ3n) is 1.74. The Morgan fingerprint density at radius 3 is 2.59 bits per heavy atom. The average Bonchev–Trinajstić information content (AvgIpc) is 2.15. The monoisotopic (exact) mass is 242 g/mol. The molecule has 1 aromatic rings. The van der Waals surface area contributed by atoms with Crippen LogP contribution in [-0.2, 0) is 9.59 Å². The third kappa shape index (κ3) is 3.52. The number of amides is 1. The van der Waals surface area contributed by atoms with Gasteiger partial charge in [-0.3, -0.25) is 19.7 Å². The molecule has 90 valence electrons. The summed E-state index contributed by atoms with van der Waals surface area (Å²) >= 11 is 0. The first-order valence-electron chi connectivity index (χ1n) is 4.35. The van der Waals surface area contributed by atoms with Crippen LogP contribution < -0.4 is 5.32 Å². The van der Waals surface area contributed by atoms with E-state index < -0.39 is 34.7 Å². The highest BCUT2D eigenvalue weighted by Crippen LogP contribution is 2.20. The fourth-order valence-corrected chi connectivity index (χ4v) is 1.08. The lowest BCUT2D eigenvalue weighted by Crippen LogP contribution is -2.16. The number of nitro groups is 1. The van der Waals surface area contributed by atoms with Crippen LogP contribution in [0.15, 0.2) is 18.2 Å². The summed E-state index contributed by atoms with van der Waals surface area (Å²) in [4.78, 5) is 30.6. The number of carbonyl (C=O) groups excluding carboxylic acids is 1. The van der Waals surface area contributed by atoms with Crippen molar-refractivity contribution in [3.8, 4) is 0 Å². The molecule has 0 heterocycles. The van der Waals surface area contributed by atoms with Gasteiger partial charge in [0.05, 0.1) is 4.92 Å². The number of nitro benzene ring substituents is 1. The van der Waals surface area contributed by atoms with Gasteiger partial charge >= 0.3 is 11.7 Å². The van der Waals surface area contributed by atoms with Crippen LogP contribution in [-0.4, -0.2) is 21.9 Å². The van der Waals surface area contributed by atoms with E-state index >= 15 is 0 Å². The van der Waals surface area contributed by atoms with Gasteiger partial charge in [0.25, 0.3) is 0 Å². The van der Waals surface area contributed by atoms with Gasteiger partial charge in [-0.2, -0.15) is 4.39 Å². The van der Waals surface area contributed by atoms with Gasteiger partial charge in [-0.1, -0.05) is 0 Å². The molecule has 7 nitrogen and oxygen atoms in total. The number of hydrogen-bond acceptors (Lipinski definition) is 4. The normalized spacial score (nSPS) is 9.71. The van der Waals surface area contributed by atoms with Gasteiger partial charge in [-0.25, -0.2) is 0 Å². The molecule has 0 bridgehead atoms. The SMILES string of the molecule is O=C(O)CC(=O)Nc1ccc([N+](=O)[O-])c(F)c1. The molecule has 0 fully saturated rings. The van der Waals surface area contributed by atoms with Crippen LogP contribution in [0.4, 0.5) is 15.8 Å². The number of carboxylic acids is 1. The predicted octanol–water partition coefficient (Wildman–Crippen LogP) is 1.15. The Morgan fingerprint density at radius 2 is 2.12 bits per heavy atom. The van der Waals surface area contributed by atoms with Crippen LogP contribution in [0.25, 0.3) is 0 Å². The van der Waals surface area contributed by atoms with Crippen LogP contribution in [0.3, 0.4) is 0 Å². The molecule has 0 aromatic heterocycles. The number of rotatable bonds is 4. The minimum atomic E-state index is -1.33. The summed E-state index contributed by atoms with van der Waals surface area (Å²) in [5.74, 6) is -3.28. The molecule has 1 rings (SSSR count). The van der Waals surface area contributed by atoms with Crippen LogP contribution in [0, 0.1) is 15.9 Å². The number of nitrogens with zero attached hydrogens (tertiary/aromatic N) is 1. The number of benzene rings is 1. The van der Waals surface area contributed by atoms with E-state index in [2.05, 4.69) is 5.32 Å². The molecule has 17 heavy (non-hydrogen) atoms. The number of halogens is 1. The topological polar surface area (TPSA) is 110 Å². The molecule has 0 aliphatic carbocycles. The van der Waals surface area contributed by atoms with Gasteiger partial charge in [0.1, 0.15) is 6.42 Å². The van der Waals surface area contributed by atoms with Crippen molar-refractivity contribution < 1.29 is 24.0 Å². The van der Waals surface area contributed by atoms with Crippen molar-refractivity contribution >= 4 is 23.3 Å². The van der Waals surface area contributed by atoms with E-state index in [-0.39, 0.29) is 5.69 Å². The van der Waals surface area contributed by atoms with Crippen molar-refractivity contribution in [2.75, 3.05) is 5.32 Å². The lowest BCUT2D eigenvalue weighted by Gasteiger charge is -2.03. The van der Waals surface area contributed by atoms with E-state index in [1.54, 1.807) is 0 Å². The van der Waals surface area contributed by atoms with Gasteiger partial charge in [-0.05, 0) is 6.07 Å². The van der Waals surface area contributed by atoms with Crippen molar-refractivity contribution in [2.45, 2.75) is 6.42 Å². The summed E-state index contributed by atoms with van der Waals surface area (Å²) in [5.41, 5.74) is -0.763. The molecule has 8 heteroatoms. The Morgan fingerprint density at radius 1 is 1.47 bits per heavy atom. The van der Waals surface area contributed by atoms with Gasteiger partial charge < -0.3 is 10.4 Å². The third-order valence-corrected chi connectivity index (χ3v) is 1.74. The average molecular weight is 242 g/mol. The number of aliphatic carboxylic acids is 1. The van der Waals surface area contributed by atoms with Gasteiger partial charge in [0.15, 0.2) is 0 Å². The molecule has 1 amide bonds. The second kappa shape index (κ2) is 5.01. The van der Waals surface area contributed by atoms with E-state index in [0.717, 1.165) is 18.2 Å². The second-order valence-electron chi connectivity index (χ2n) is 3.04. The molecule has 0 radical (unpaired) electrons. The van der Waals surface area contributed by atoms with Crippen molar-refractivity contribution in [1.82, 2.24) is 0 Å². The van der Waals surface area contributed by atoms with Crippen molar-refractivity contribution in [3.05, 3.63) is 34.1 Å². The van der Waals surface area contributed by atoms with Crippen molar-refractivity contribution in [1.29, 1.82) is 0 Å². The van der Waals surface area contributed by atoms with Crippen LogP contribution in [0.2, 0.25) is 0 Å². The zero-order chi connectivity index (χ0) is 13.0. The zero-order valence-electron chi connectivity index (χ0n) is 8.34. The molecule has 0 saturated carbocycles. The minimum absolute atomic E-state index is 0.0423. The van der Waals surface area contributed by atoms with Gasteiger partial charge in [0.2, 0.25) is 11.7 Å². The summed E-state index contributed by atoms with van der Waals surface area (Å²) < 4.78 is 13.1. The van der Waals surface area contributed by atoms with E-state index in [4.69, 9.17) is 5.11 Å². The summed E-state index contributed by atoms with van der Waals surface area (Å²) in [6.45, 7) is 0. The van der Waals surface area contributed by atoms with Crippen LogP contribution in [0.1, 0.15) is 6.42 Å². The molecular formula is C9H7FN2O5. The van der Waals surface area contributed by atoms with E-state index in [9.17, 15) is 24.1 Å². The summed E-state index contributed by atoms with van der Waals surface area (Å²) in [6, 6.07) is 2.74. The Hall–Kier alpha value is -2.51. The number of carbonyl (C=O) groups is 2. The first-order valence-corrected chi connectivity index (χ1v) is 4.35. The number of hydrogen-bond donors (Lipinski definition) is 2. The number of carboxylic acid groups (broad SMARTS) is 1. The number of anilines is 1. The summed E-state index contributed by atoms with van der Waals surface area (Å²) in [6.07, 6.45) is -0.765. The van der Waals surface area contributed by atoms with E-state index in [1.807, 2.05) is 0 Å². The van der Waals surface area contributed by atoms with Gasteiger partial charge in [0, 0.05) is 17.8 Å². The molecule has 0 aliphatic heterocycles. The molecule has 0 atom stereocenters. The maximum atomic E-state index is 13.1. The van der Waals surface area contributed by atoms with E-state index in [0.29, 0.717) is 0 Å². The fourth-order valence-electron chi connectivity index (χ4n) is 1.08. The van der Waals surface area contributed by atoms with Gasteiger partial charge in [-0.15, -0.1) is 0 Å².